The highest BCUT2D eigenvalue weighted by Crippen LogP contribution is 2.59. The topological polar surface area (TPSA) is 9.86 Å². The molecule has 0 unspecified atom stereocenters. The number of hydrogen-bond acceptors (Lipinski definition) is 0. The lowest BCUT2D eigenvalue weighted by atomic mass is 9.67. The predicted molar refractivity (Wildman–Crippen MR) is 263 cm³/mol. The van der Waals surface area contributed by atoms with Gasteiger partial charge in [0.1, 0.15) is 0 Å². The minimum Gasteiger partial charge on any atom is -0.309 e. The van der Waals surface area contributed by atoms with Crippen LogP contribution in [0.3, 0.4) is 0 Å². The number of rotatable bonds is 6. The van der Waals surface area contributed by atoms with Crippen molar-refractivity contribution >= 4 is 43.6 Å². The fourth-order valence-corrected chi connectivity index (χ4v) is 10.9. The second-order valence-corrected chi connectivity index (χ2v) is 16.8. The Morgan fingerprint density at radius 3 is 1.46 bits per heavy atom. The number of aromatic nitrogens is 2. The molecule has 13 rings (SSSR count). The van der Waals surface area contributed by atoms with Crippen LogP contribution in [-0.4, -0.2) is 9.13 Å². The summed E-state index contributed by atoms with van der Waals surface area (Å²) in [5.74, 6) is 0. The summed E-state index contributed by atoms with van der Waals surface area (Å²) in [7, 11) is 0. The van der Waals surface area contributed by atoms with Gasteiger partial charge in [0.15, 0.2) is 0 Å². The second kappa shape index (κ2) is 13.9. The SMILES string of the molecule is c1ccc(-c2ccc(-n3c4ccccc4c4cc(-c5ccc6c(c5)c5c7c(ccc5n6-c5ccccc5)C(c5ccccc5)(c5ccccc5)c5ccccc5-7)ccc43)cc2)cc1. The van der Waals surface area contributed by atoms with Crippen LogP contribution < -0.4 is 0 Å². The summed E-state index contributed by atoms with van der Waals surface area (Å²) in [4.78, 5) is 0. The molecule has 0 spiro atoms. The van der Waals surface area contributed by atoms with Crippen LogP contribution in [0.4, 0.5) is 0 Å². The molecule has 0 saturated carbocycles. The van der Waals surface area contributed by atoms with Gasteiger partial charge in [-0.15, -0.1) is 0 Å². The van der Waals surface area contributed by atoms with Crippen molar-refractivity contribution in [1.29, 1.82) is 0 Å². The molecule has 1 aliphatic carbocycles. The molecule has 1 aliphatic rings. The Balaban J connectivity index is 1.06. The van der Waals surface area contributed by atoms with Gasteiger partial charge in [0.05, 0.1) is 27.5 Å². The summed E-state index contributed by atoms with van der Waals surface area (Å²) in [6.07, 6.45) is 0. The van der Waals surface area contributed by atoms with E-state index in [0.29, 0.717) is 0 Å². The van der Waals surface area contributed by atoms with Crippen LogP contribution in [0.25, 0.3) is 88.4 Å². The summed E-state index contributed by atoms with van der Waals surface area (Å²) < 4.78 is 4.87. The molecule has 0 saturated heterocycles. The van der Waals surface area contributed by atoms with Crippen molar-refractivity contribution in [3.8, 4) is 44.8 Å². The minimum absolute atomic E-state index is 0.484. The molecule has 0 radical (unpaired) electrons. The summed E-state index contributed by atoms with van der Waals surface area (Å²) in [5, 5.41) is 5.02. The molecule has 0 atom stereocenters. The molecule has 294 valence electrons. The van der Waals surface area contributed by atoms with Crippen LogP contribution >= 0.6 is 0 Å². The van der Waals surface area contributed by atoms with Crippen LogP contribution in [0.2, 0.25) is 0 Å². The second-order valence-electron chi connectivity index (χ2n) is 16.8. The maximum Gasteiger partial charge on any atom is 0.0713 e. The normalized spacial score (nSPS) is 12.9. The zero-order chi connectivity index (χ0) is 41.5. The lowest BCUT2D eigenvalue weighted by Gasteiger charge is -2.33. The summed E-state index contributed by atoms with van der Waals surface area (Å²) in [6.45, 7) is 0. The van der Waals surface area contributed by atoms with E-state index in [1.54, 1.807) is 0 Å². The molecule has 63 heavy (non-hydrogen) atoms. The Kier molecular flexibility index (Phi) is 7.85. The van der Waals surface area contributed by atoms with Crippen LogP contribution in [-0.2, 0) is 5.41 Å². The maximum absolute atomic E-state index is 2.46. The van der Waals surface area contributed by atoms with Gasteiger partial charge < -0.3 is 9.13 Å². The highest BCUT2D eigenvalue weighted by atomic mass is 15.0. The Bertz CT molecular complexity index is 3650. The van der Waals surface area contributed by atoms with Gasteiger partial charge in [-0.05, 0) is 116 Å². The van der Waals surface area contributed by atoms with Crippen LogP contribution in [0.5, 0.6) is 0 Å². The maximum atomic E-state index is 2.46. The smallest absolute Gasteiger partial charge is 0.0713 e. The summed E-state index contributed by atoms with van der Waals surface area (Å²) in [5.41, 5.74) is 19.2. The van der Waals surface area contributed by atoms with Gasteiger partial charge in [0.2, 0.25) is 0 Å². The summed E-state index contributed by atoms with van der Waals surface area (Å²) >= 11 is 0. The van der Waals surface area contributed by atoms with Gasteiger partial charge >= 0.3 is 0 Å². The van der Waals surface area contributed by atoms with E-state index in [2.05, 4.69) is 252 Å². The van der Waals surface area contributed by atoms with Gasteiger partial charge in [-0.1, -0.05) is 182 Å². The molecule has 2 nitrogen and oxygen atoms in total. The Morgan fingerprint density at radius 2 is 0.762 bits per heavy atom. The van der Waals surface area contributed by atoms with Crippen molar-refractivity contribution < 1.29 is 0 Å². The molecule has 10 aromatic carbocycles. The zero-order valence-corrected chi connectivity index (χ0v) is 34.5. The van der Waals surface area contributed by atoms with E-state index in [4.69, 9.17) is 0 Å². The van der Waals surface area contributed by atoms with Gasteiger partial charge in [0.25, 0.3) is 0 Å². The molecular weight excluding hydrogens is 761 g/mol. The predicted octanol–water partition coefficient (Wildman–Crippen LogP) is 15.6. The Hall–Kier alpha value is -8.20. The van der Waals surface area contributed by atoms with E-state index < -0.39 is 5.41 Å². The summed E-state index contributed by atoms with van der Waals surface area (Å²) in [6, 6.07) is 89.5. The first-order valence-corrected chi connectivity index (χ1v) is 21.8. The third-order valence-corrected chi connectivity index (χ3v) is 13.6. The first-order valence-electron chi connectivity index (χ1n) is 21.8. The fraction of sp³-hybridized carbons (Fsp3) is 0.0164. The largest absolute Gasteiger partial charge is 0.309 e. The van der Waals surface area contributed by atoms with Crippen molar-refractivity contribution in [1.82, 2.24) is 9.13 Å². The number of para-hydroxylation sites is 2. The van der Waals surface area contributed by atoms with Crippen LogP contribution in [0.15, 0.2) is 243 Å². The zero-order valence-electron chi connectivity index (χ0n) is 34.5. The minimum atomic E-state index is -0.484. The van der Waals surface area contributed by atoms with Crippen molar-refractivity contribution in [2.75, 3.05) is 0 Å². The number of nitrogens with zero attached hydrogens (tertiary/aromatic N) is 2. The molecular formula is C61H40N2. The molecule has 2 heteroatoms. The quantitative estimate of drug-likeness (QED) is 0.159. The van der Waals surface area contributed by atoms with E-state index >= 15 is 0 Å². The van der Waals surface area contributed by atoms with Gasteiger partial charge in [-0.25, -0.2) is 0 Å². The third-order valence-electron chi connectivity index (χ3n) is 13.6. The highest BCUT2D eigenvalue weighted by Gasteiger charge is 2.47. The van der Waals surface area contributed by atoms with Gasteiger partial charge in [-0.2, -0.15) is 0 Å². The van der Waals surface area contributed by atoms with E-state index in [9.17, 15) is 0 Å². The average molecular weight is 801 g/mol. The molecule has 0 amide bonds. The number of benzene rings is 10. The molecule has 0 fully saturated rings. The highest BCUT2D eigenvalue weighted by molar-refractivity contribution is 6.19. The molecule has 0 N–H and O–H groups in total. The van der Waals surface area contributed by atoms with Crippen molar-refractivity contribution in [2.45, 2.75) is 5.41 Å². The molecule has 0 aliphatic heterocycles. The number of fused-ring (bicyclic) bond motifs is 10. The lowest BCUT2D eigenvalue weighted by Crippen LogP contribution is -2.28. The fourth-order valence-electron chi connectivity index (χ4n) is 10.9. The Morgan fingerprint density at radius 1 is 0.286 bits per heavy atom. The monoisotopic (exact) mass is 800 g/mol. The molecule has 0 bridgehead atoms. The first-order chi connectivity index (χ1) is 31.3. The van der Waals surface area contributed by atoms with E-state index in [1.807, 2.05) is 0 Å². The Labute approximate surface area is 366 Å². The van der Waals surface area contributed by atoms with Crippen LogP contribution in [0, 0.1) is 0 Å². The van der Waals surface area contributed by atoms with Gasteiger partial charge in [-0.3, -0.25) is 0 Å². The van der Waals surface area contributed by atoms with Crippen molar-refractivity contribution in [3.05, 3.63) is 265 Å². The lowest BCUT2D eigenvalue weighted by molar-refractivity contribution is 0.769. The molecule has 12 aromatic rings. The molecule has 2 aromatic heterocycles. The van der Waals surface area contributed by atoms with Gasteiger partial charge in [0, 0.05) is 32.9 Å². The first kappa shape index (κ1) is 35.5. The van der Waals surface area contributed by atoms with Crippen molar-refractivity contribution in [2.24, 2.45) is 0 Å². The van der Waals surface area contributed by atoms with E-state index in [0.717, 1.165) is 11.4 Å². The van der Waals surface area contributed by atoms with E-state index in [-0.39, 0.29) is 0 Å². The van der Waals surface area contributed by atoms with Crippen molar-refractivity contribution in [3.63, 3.8) is 0 Å². The standard InChI is InChI=1S/C61H40N2/c1-5-17-41(18-6-1)42-29-33-48(34-30-42)62-55-28-16-14-25-49(55)51-39-43(31-36-56(51)62)44-32-37-57-52(40-44)60-58(63(57)47-23-11-4-12-24-47)38-35-54-59(60)50-26-13-15-27-53(50)61(54,45-19-7-2-8-20-45)46-21-9-3-10-22-46/h1-40H. The average Bonchev–Trinajstić information content (AvgIpc) is 3.99. The number of hydrogen-bond donors (Lipinski definition) is 0. The third kappa shape index (κ3) is 5.19. The molecule has 2 heterocycles. The van der Waals surface area contributed by atoms with Crippen LogP contribution in [0.1, 0.15) is 22.3 Å². The van der Waals surface area contributed by atoms with E-state index in [1.165, 1.54) is 99.2 Å².